The zero-order valence-corrected chi connectivity index (χ0v) is 18.1. The minimum atomic E-state index is -0.0411. The van der Waals surface area contributed by atoms with Crippen LogP contribution in [0.2, 0.25) is 10.0 Å². The molecule has 1 N–H and O–H groups in total. The zero-order valence-electron chi connectivity index (χ0n) is 15.7. The normalized spacial score (nSPS) is 16.2. The molecule has 4 rings (SSSR count). The number of aromatic nitrogens is 3. The number of carbonyl (C=O) groups is 1. The van der Waals surface area contributed by atoms with Crippen molar-refractivity contribution in [2.75, 3.05) is 18.4 Å². The number of nitrogens with zero attached hydrogens (tertiary/aromatic N) is 4. The Kier molecular flexibility index (Phi) is 5.99. The van der Waals surface area contributed by atoms with Gasteiger partial charge in [0, 0.05) is 24.2 Å². The van der Waals surface area contributed by atoms with E-state index >= 15 is 0 Å². The largest absolute Gasteiger partial charge is 0.352 e. The van der Waals surface area contributed by atoms with Gasteiger partial charge in [-0.05, 0) is 37.5 Å². The third-order valence-corrected chi connectivity index (χ3v) is 6.26. The van der Waals surface area contributed by atoms with E-state index in [9.17, 15) is 4.79 Å². The lowest BCUT2D eigenvalue weighted by molar-refractivity contribution is 0.0739. The quantitative estimate of drug-likeness (QED) is 0.599. The maximum absolute atomic E-state index is 13.4. The Balaban J connectivity index is 1.52. The van der Waals surface area contributed by atoms with Crippen LogP contribution in [0.1, 0.15) is 28.3 Å². The molecule has 1 aliphatic rings. The van der Waals surface area contributed by atoms with Crippen LogP contribution in [0.15, 0.2) is 36.7 Å². The number of amides is 1. The summed E-state index contributed by atoms with van der Waals surface area (Å²) in [4.78, 5) is 29.0. The van der Waals surface area contributed by atoms with Crippen LogP contribution in [-0.4, -0.2) is 44.9 Å². The molecular weight excluding hydrogens is 429 g/mol. The van der Waals surface area contributed by atoms with Gasteiger partial charge in [0.05, 0.1) is 27.3 Å². The molecule has 1 saturated heterocycles. The first-order valence-corrected chi connectivity index (χ1v) is 10.8. The molecule has 3 heterocycles. The van der Waals surface area contributed by atoms with E-state index in [0.717, 1.165) is 28.3 Å². The molecule has 3 aromatic rings. The molecular formula is C20H19Cl2N5OS. The van der Waals surface area contributed by atoms with E-state index < -0.39 is 0 Å². The molecule has 1 atom stereocenters. The highest BCUT2D eigenvalue weighted by molar-refractivity contribution is 7.15. The third-order valence-electron chi connectivity index (χ3n) is 4.80. The fourth-order valence-corrected chi connectivity index (χ4v) is 4.57. The average Bonchev–Trinajstić information content (AvgIpc) is 3.34. The van der Waals surface area contributed by atoms with Crippen LogP contribution < -0.4 is 5.32 Å². The topological polar surface area (TPSA) is 71.0 Å². The molecule has 0 saturated carbocycles. The highest BCUT2D eigenvalue weighted by atomic mass is 35.5. The molecule has 6 nitrogen and oxygen atoms in total. The number of hydrogen-bond donors (Lipinski definition) is 1. The van der Waals surface area contributed by atoms with Gasteiger partial charge in [-0.1, -0.05) is 35.3 Å². The number of nitrogens with one attached hydrogen (secondary N) is 1. The summed E-state index contributed by atoms with van der Waals surface area (Å²) in [7, 11) is 0. The van der Waals surface area contributed by atoms with Gasteiger partial charge in [-0.3, -0.25) is 4.79 Å². The smallest absolute Gasteiger partial charge is 0.274 e. The summed E-state index contributed by atoms with van der Waals surface area (Å²) in [6, 6.07) is 7.56. The lowest BCUT2D eigenvalue weighted by Crippen LogP contribution is -2.40. The van der Waals surface area contributed by atoms with Crippen molar-refractivity contribution in [3.8, 4) is 10.4 Å². The molecule has 1 amide bonds. The van der Waals surface area contributed by atoms with Gasteiger partial charge < -0.3 is 10.2 Å². The number of aryl methyl sites for hydroxylation is 1. The van der Waals surface area contributed by atoms with E-state index in [1.54, 1.807) is 12.4 Å². The summed E-state index contributed by atoms with van der Waals surface area (Å²) in [5.41, 5.74) is 1.45. The second-order valence-corrected chi connectivity index (χ2v) is 8.89. The van der Waals surface area contributed by atoms with E-state index in [-0.39, 0.29) is 11.9 Å². The van der Waals surface area contributed by atoms with Crippen molar-refractivity contribution in [1.29, 1.82) is 0 Å². The Morgan fingerprint density at radius 2 is 1.93 bits per heavy atom. The molecule has 29 heavy (non-hydrogen) atoms. The van der Waals surface area contributed by atoms with Crippen LogP contribution in [0.3, 0.4) is 0 Å². The summed E-state index contributed by atoms with van der Waals surface area (Å²) < 4.78 is 0. The predicted octanol–water partition coefficient (Wildman–Crippen LogP) is 4.93. The van der Waals surface area contributed by atoms with Gasteiger partial charge in [-0.2, -0.15) is 0 Å². The van der Waals surface area contributed by atoms with Crippen LogP contribution in [0.5, 0.6) is 0 Å². The van der Waals surface area contributed by atoms with Gasteiger partial charge in [0.25, 0.3) is 5.91 Å². The maximum Gasteiger partial charge on any atom is 0.274 e. The van der Waals surface area contributed by atoms with Crippen molar-refractivity contribution < 1.29 is 4.79 Å². The second-order valence-electron chi connectivity index (χ2n) is 6.82. The van der Waals surface area contributed by atoms with Gasteiger partial charge in [0.2, 0.25) is 5.95 Å². The number of anilines is 1. The van der Waals surface area contributed by atoms with Crippen LogP contribution >= 0.6 is 34.5 Å². The number of hydrogen-bond acceptors (Lipinski definition) is 6. The maximum atomic E-state index is 13.4. The lowest BCUT2D eigenvalue weighted by Gasteiger charge is -2.24. The second kappa shape index (κ2) is 8.65. The zero-order chi connectivity index (χ0) is 20.4. The Morgan fingerprint density at radius 3 is 2.66 bits per heavy atom. The standard InChI is InChI=1S/C20H19Cl2N5OS/c1-12-26-17(18(29-12)13-4-6-14(21)7-5-13)19(28)27-8-2-3-16(27)11-25-20-23-9-15(22)10-24-20/h4-7,9-10,16H,2-3,8,11H2,1H3,(H,23,24,25). The molecule has 1 unspecified atom stereocenters. The number of halogens is 2. The summed E-state index contributed by atoms with van der Waals surface area (Å²) in [5, 5.41) is 5.22. The van der Waals surface area contributed by atoms with Crippen molar-refractivity contribution in [3.05, 3.63) is 57.4 Å². The average molecular weight is 448 g/mol. The molecule has 1 aliphatic heterocycles. The number of benzene rings is 1. The molecule has 1 aromatic carbocycles. The third kappa shape index (κ3) is 4.52. The Morgan fingerprint density at radius 1 is 1.21 bits per heavy atom. The highest BCUT2D eigenvalue weighted by Gasteiger charge is 2.32. The molecule has 9 heteroatoms. The summed E-state index contributed by atoms with van der Waals surface area (Å²) in [6.45, 7) is 3.21. The van der Waals surface area contributed by atoms with Gasteiger partial charge in [-0.15, -0.1) is 11.3 Å². The van der Waals surface area contributed by atoms with Crippen LogP contribution in [0.4, 0.5) is 5.95 Å². The monoisotopic (exact) mass is 447 g/mol. The van der Waals surface area contributed by atoms with Gasteiger partial charge in [0.15, 0.2) is 0 Å². The van der Waals surface area contributed by atoms with Crippen molar-refractivity contribution in [3.63, 3.8) is 0 Å². The number of rotatable bonds is 5. The Labute approximate surface area is 182 Å². The van der Waals surface area contributed by atoms with Gasteiger partial charge >= 0.3 is 0 Å². The summed E-state index contributed by atoms with van der Waals surface area (Å²) in [5.74, 6) is 0.459. The molecule has 150 valence electrons. The summed E-state index contributed by atoms with van der Waals surface area (Å²) in [6.07, 6.45) is 4.97. The van der Waals surface area contributed by atoms with Crippen LogP contribution in [0, 0.1) is 6.92 Å². The minimum Gasteiger partial charge on any atom is -0.352 e. The first-order valence-electron chi connectivity index (χ1n) is 9.27. The highest BCUT2D eigenvalue weighted by Crippen LogP contribution is 2.33. The number of thiazole rings is 1. The van der Waals surface area contributed by atoms with Crippen molar-refractivity contribution in [1.82, 2.24) is 19.9 Å². The molecule has 0 spiro atoms. The predicted molar refractivity (Wildman–Crippen MR) is 117 cm³/mol. The Hall–Kier alpha value is -2.22. The Bertz CT molecular complexity index is 1010. The lowest BCUT2D eigenvalue weighted by atomic mass is 10.1. The molecule has 1 fully saturated rings. The van der Waals surface area contributed by atoms with E-state index in [2.05, 4.69) is 20.3 Å². The van der Waals surface area contributed by atoms with Gasteiger partial charge in [-0.25, -0.2) is 15.0 Å². The van der Waals surface area contributed by atoms with Gasteiger partial charge in [0.1, 0.15) is 5.69 Å². The molecule has 0 radical (unpaired) electrons. The van der Waals surface area contributed by atoms with Crippen LogP contribution in [-0.2, 0) is 0 Å². The van der Waals surface area contributed by atoms with Crippen molar-refractivity contribution >= 4 is 46.4 Å². The van der Waals surface area contributed by atoms with Crippen LogP contribution in [0.25, 0.3) is 10.4 Å². The SMILES string of the molecule is Cc1nc(C(=O)N2CCCC2CNc2ncc(Cl)cn2)c(-c2ccc(Cl)cc2)s1. The van der Waals surface area contributed by atoms with Crippen molar-refractivity contribution in [2.45, 2.75) is 25.8 Å². The minimum absolute atomic E-state index is 0.0411. The first-order chi connectivity index (χ1) is 14.0. The first kappa shape index (κ1) is 20.1. The molecule has 0 aliphatic carbocycles. The van der Waals surface area contributed by atoms with Crippen molar-refractivity contribution in [2.24, 2.45) is 0 Å². The fourth-order valence-electron chi connectivity index (χ4n) is 3.43. The van der Waals surface area contributed by atoms with E-state index in [1.807, 2.05) is 36.1 Å². The summed E-state index contributed by atoms with van der Waals surface area (Å²) >= 11 is 13.4. The van der Waals surface area contributed by atoms with E-state index in [4.69, 9.17) is 23.2 Å². The number of likely N-dealkylation sites (tertiary alicyclic amines) is 1. The molecule has 0 bridgehead atoms. The van der Waals surface area contributed by atoms with E-state index in [1.165, 1.54) is 11.3 Å². The van der Waals surface area contributed by atoms with E-state index in [0.29, 0.717) is 34.8 Å². The number of carbonyl (C=O) groups excluding carboxylic acids is 1. The fraction of sp³-hybridized carbons (Fsp3) is 0.300. The molecule has 2 aromatic heterocycles.